The predicted octanol–water partition coefficient (Wildman–Crippen LogP) is 2.30. The van der Waals surface area contributed by atoms with Crippen molar-refractivity contribution in [1.82, 2.24) is 5.32 Å². The van der Waals surface area contributed by atoms with Crippen molar-refractivity contribution in [3.63, 3.8) is 0 Å². The van der Waals surface area contributed by atoms with Crippen LogP contribution in [0.2, 0.25) is 0 Å². The van der Waals surface area contributed by atoms with E-state index in [9.17, 15) is 4.79 Å². The van der Waals surface area contributed by atoms with E-state index in [1.54, 1.807) is 0 Å². The summed E-state index contributed by atoms with van der Waals surface area (Å²) in [7, 11) is 0. The van der Waals surface area contributed by atoms with E-state index >= 15 is 0 Å². The van der Waals surface area contributed by atoms with Crippen LogP contribution in [0.4, 0.5) is 0 Å². The Kier molecular flexibility index (Phi) is 5.70. The molecule has 3 heteroatoms. The van der Waals surface area contributed by atoms with Crippen molar-refractivity contribution in [2.45, 2.75) is 39.2 Å². The molecule has 0 aliphatic heterocycles. The summed E-state index contributed by atoms with van der Waals surface area (Å²) in [6, 6.07) is 8.90. The second kappa shape index (κ2) is 7.07. The van der Waals surface area contributed by atoms with Crippen molar-refractivity contribution in [3.05, 3.63) is 35.4 Å². The van der Waals surface area contributed by atoms with Gasteiger partial charge in [0, 0.05) is 12.5 Å². The van der Waals surface area contributed by atoms with Gasteiger partial charge < -0.3 is 11.1 Å². The van der Waals surface area contributed by atoms with Gasteiger partial charge in [0.05, 0.1) is 0 Å². The maximum atomic E-state index is 10.6. The Labute approximate surface area is 103 Å². The molecule has 0 bridgehead atoms. The molecule has 1 atom stereocenters. The number of amides is 1. The fourth-order valence-corrected chi connectivity index (χ4v) is 1.72. The molecule has 17 heavy (non-hydrogen) atoms. The van der Waals surface area contributed by atoms with Crippen LogP contribution in [-0.4, -0.2) is 12.5 Å². The van der Waals surface area contributed by atoms with E-state index in [0.29, 0.717) is 12.5 Å². The number of hydrogen-bond acceptors (Lipinski definition) is 2. The average Bonchev–Trinajstić information content (AvgIpc) is 2.29. The minimum atomic E-state index is -0.211. The van der Waals surface area contributed by atoms with Gasteiger partial charge in [0.1, 0.15) is 0 Å². The summed E-state index contributed by atoms with van der Waals surface area (Å²) >= 11 is 0. The van der Waals surface area contributed by atoms with E-state index in [1.807, 2.05) is 0 Å². The zero-order valence-corrected chi connectivity index (χ0v) is 10.7. The van der Waals surface area contributed by atoms with E-state index in [4.69, 9.17) is 5.73 Å². The first-order valence-electron chi connectivity index (χ1n) is 6.18. The summed E-state index contributed by atoms with van der Waals surface area (Å²) in [5.41, 5.74) is 7.66. The number of benzene rings is 1. The molecule has 0 aliphatic carbocycles. The van der Waals surface area contributed by atoms with Gasteiger partial charge in [-0.15, -0.1) is 0 Å². The molecular weight excluding hydrogens is 212 g/mol. The topological polar surface area (TPSA) is 55.1 Å². The Morgan fingerprint density at radius 2 is 1.94 bits per heavy atom. The van der Waals surface area contributed by atoms with E-state index in [2.05, 4.69) is 43.4 Å². The zero-order valence-electron chi connectivity index (χ0n) is 10.7. The molecule has 0 spiro atoms. The van der Waals surface area contributed by atoms with Gasteiger partial charge in [0.2, 0.25) is 5.91 Å². The minimum Gasteiger partial charge on any atom is -0.370 e. The number of carbonyl (C=O) groups is 1. The largest absolute Gasteiger partial charge is 0.370 e. The first kappa shape index (κ1) is 13.7. The van der Waals surface area contributed by atoms with Crippen LogP contribution in [0.3, 0.4) is 0 Å². The normalized spacial score (nSPS) is 12.4. The predicted molar refractivity (Wildman–Crippen MR) is 70.6 cm³/mol. The summed E-state index contributed by atoms with van der Waals surface area (Å²) < 4.78 is 0. The number of aryl methyl sites for hydroxylation is 1. The molecule has 1 unspecified atom stereocenters. The number of carbonyl (C=O) groups excluding carboxylic acids is 1. The lowest BCUT2D eigenvalue weighted by atomic mass is 10.1. The van der Waals surface area contributed by atoms with Gasteiger partial charge in [-0.2, -0.15) is 0 Å². The highest BCUT2D eigenvalue weighted by molar-refractivity contribution is 5.73. The monoisotopic (exact) mass is 234 g/mol. The molecule has 0 saturated heterocycles. The maximum Gasteiger partial charge on any atom is 0.217 e. The van der Waals surface area contributed by atoms with Crippen LogP contribution >= 0.6 is 0 Å². The second-order valence-corrected chi connectivity index (χ2v) is 4.51. The van der Waals surface area contributed by atoms with E-state index in [1.165, 1.54) is 11.1 Å². The van der Waals surface area contributed by atoms with Crippen LogP contribution in [-0.2, 0) is 4.79 Å². The molecule has 1 amide bonds. The molecule has 0 saturated carbocycles. The number of nitrogens with two attached hydrogens (primary N) is 1. The third kappa shape index (κ3) is 5.50. The van der Waals surface area contributed by atoms with Crippen LogP contribution in [0, 0.1) is 6.92 Å². The summed E-state index contributed by atoms with van der Waals surface area (Å²) in [6.07, 6.45) is 2.34. The highest BCUT2D eigenvalue weighted by atomic mass is 16.1. The number of rotatable bonds is 7. The van der Waals surface area contributed by atoms with Gasteiger partial charge in [-0.25, -0.2) is 0 Å². The average molecular weight is 234 g/mol. The summed E-state index contributed by atoms with van der Waals surface area (Å²) in [5.74, 6) is -0.211. The lowest BCUT2D eigenvalue weighted by Gasteiger charge is -2.14. The lowest BCUT2D eigenvalue weighted by Crippen LogP contribution is -2.20. The maximum absolute atomic E-state index is 10.6. The number of primary amides is 1. The highest BCUT2D eigenvalue weighted by Crippen LogP contribution is 2.12. The lowest BCUT2D eigenvalue weighted by molar-refractivity contribution is -0.118. The fraction of sp³-hybridized carbons (Fsp3) is 0.500. The van der Waals surface area contributed by atoms with Crippen LogP contribution in [0.15, 0.2) is 24.3 Å². The summed E-state index contributed by atoms with van der Waals surface area (Å²) in [6.45, 7) is 5.16. The molecule has 3 nitrogen and oxygen atoms in total. The minimum absolute atomic E-state index is 0.211. The van der Waals surface area contributed by atoms with Gasteiger partial charge in [-0.1, -0.05) is 29.8 Å². The van der Waals surface area contributed by atoms with Crippen molar-refractivity contribution < 1.29 is 4.79 Å². The highest BCUT2D eigenvalue weighted by Gasteiger charge is 2.03. The molecule has 1 rings (SSSR count). The van der Waals surface area contributed by atoms with Crippen molar-refractivity contribution in [2.75, 3.05) is 6.54 Å². The van der Waals surface area contributed by atoms with Crippen LogP contribution in [0.1, 0.15) is 43.4 Å². The number of hydrogen-bond donors (Lipinski definition) is 2. The third-order valence-electron chi connectivity index (χ3n) is 2.88. The third-order valence-corrected chi connectivity index (χ3v) is 2.88. The molecule has 0 fully saturated rings. The molecule has 1 aromatic carbocycles. The second-order valence-electron chi connectivity index (χ2n) is 4.51. The van der Waals surface area contributed by atoms with Gasteiger partial charge in [0.25, 0.3) is 0 Å². The van der Waals surface area contributed by atoms with Crippen LogP contribution in [0.25, 0.3) is 0 Å². The van der Waals surface area contributed by atoms with Gasteiger partial charge in [-0.3, -0.25) is 4.79 Å². The Balaban J connectivity index is 2.23. The molecule has 0 aliphatic rings. The van der Waals surface area contributed by atoms with Crippen molar-refractivity contribution in [1.29, 1.82) is 0 Å². The molecule has 1 aromatic rings. The zero-order chi connectivity index (χ0) is 12.7. The number of unbranched alkanes of at least 4 members (excludes halogenated alkanes) is 1. The first-order chi connectivity index (χ1) is 8.09. The summed E-state index contributed by atoms with van der Waals surface area (Å²) in [5, 5.41) is 3.44. The SMILES string of the molecule is Cc1ccc(C(C)NCCCCC(N)=O)cc1. The molecule has 0 heterocycles. The van der Waals surface area contributed by atoms with Crippen LogP contribution in [0.5, 0.6) is 0 Å². The number of nitrogens with one attached hydrogen (secondary N) is 1. The molecule has 3 N–H and O–H groups in total. The fourth-order valence-electron chi connectivity index (χ4n) is 1.72. The molecule has 0 aromatic heterocycles. The Morgan fingerprint density at radius 3 is 2.53 bits per heavy atom. The molecule has 94 valence electrons. The standard InChI is InChI=1S/C14H22N2O/c1-11-6-8-13(9-7-11)12(2)16-10-4-3-5-14(15)17/h6-9,12,16H,3-5,10H2,1-2H3,(H2,15,17). The summed E-state index contributed by atoms with van der Waals surface area (Å²) in [4.78, 5) is 10.6. The first-order valence-corrected chi connectivity index (χ1v) is 6.18. The molecular formula is C14H22N2O. The quantitative estimate of drug-likeness (QED) is 0.711. The van der Waals surface area contributed by atoms with Gasteiger partial charge >= 0.3 is 0 Å². The van der Waals surface area contributed by atoms with E-state index in [-0.39, 0.29) is 5.91 Å². The molecule has 0 radical (unpaired) electrons. The van der Waals surface area contributed by atoms with Crippen LogP contribution < -0.4 is 11.1 Å². The van der Waals surface area contributed by atoms with Crippen molar-refractivity contribution in [3.8, 4) is 0 Å². The van der Waals surface area contributed by atoms with Gasteiger partial charge in [0.15, 0.2) is 0 Å². The van der Waals surface area contributed by atoms with Crippen molar-refractivity contribution >= 4 is 5.91 Å². The van der Waals surface area contributed by atoms with Crippen molar-refractivity contribution in [2.24, 2.45) is 5.73 Å². The Hall–Kier alpha value is -1.35. The van der Waals surface area contributed by atoms with Gasteiger partial charge in [-0.05, 0) is 38.8 Å². The van der Waals surface area contributed by atoms with E-state index < -0.39 is 0 Å². The Bertz CT molecular complexity index is 346. The smallest absolute Gasteiger partial charge is 0.217 e. The van der Waals surface area contributed by atoms with E-state index in [0.717, 1.165) is 19.4 Å². The Morgan fingerprint density at radius 1 is 1.29 bits per heavy atom.